The molecule has 0 atom stereocenters. The minimum Gasteiger partial charge on any atom is -0.481 e. The molecule has 160 valence electrons. The third kappa shape index (κ3) is 4.36. The number of hydrogen-bond donors (Lipinski definition) is 1. The van der Waals surface area contributed by atoms with Crippen LogP contribution < -0.4 is 14.4 Å². The minimum absolute atomic E-state index is 0.0964. The van der Waals surface area contributed by atoms with Crippen LogP contribution in [0.2, 0.25) is 0 Å². The van der Waals surface area contributed by atoms with Gasteiger partial charge in [0, 0.05) is 43.0 Å². The molecule has 5 rings (SSSR count). The molecule has 1 N–H and O–H groups in total. The van der Waals surface area contributed by atoms with Crippen molar-refractivity contribution in [3.05, 3.63) is 47.0 Å². The molecular weight excluding hydrogens is 419 g/mol. The van der Waals surface area contributed by atoms with E-state index in [-0.39, 0.29) is 30.2 Å². The van der Waals surface area contributed by atoms with E-state index in [2.05, 4.69) is 39.3 Å². The molecule has 4 heterocycles. The quantitative estimate of drug-likeness (QED) is 0.621. The van der Waals surface area contributed by atoms with Gasteiger partial charge in [-0.05, 0) is 17.5 Å². The molecule has 2 aliphatic heterocycles. The zero-order valence-corrected chi connectivity index (χ0v) is 17.9. The van der Waals surface area contributed by atoms with Gasteiger partial charge in [-0.3, -0.25) is 14.8 Å². The number of amides is 1. The molecule has 0 saturated heterocycles. The van der Waals surface area contributed by atoms with Gasteiger partial charge in [-0.15, -0.1) is 6.42 Å². The van der Waals surface area contributed by atoms with Gasteiger partial charge in [-0.2, -0.15) is 9.47 Å². The Morgan fingerprint density at radius 1 is 1.45 bits per heavy atom. The van der Waals surface area contributed by atoms with Crippen molar-refractivity contribution >= 4 is 28.8 Å². The van der Waals surface area contributed by atoms with Crippen LogP contribution in [0.1, 0.15) is 19.7 Å². The SMILES string of the molecule is C#CCN1C(=O)COc2cc(F)c(/N=c3\snc4n3CC(C)(C)C4)cc21.c1cn[nH]c1. The second-order valence-electron chi connectivity index (χ2n) is 7.93. The summed E-state index contributed by atoms with van der Waals surface area (Å²) < 4.78 is 26.3. The van der Waals surface area contributed by atoms with Crippen molar-refractivity contribution in [1.82, 2.24) is 19.1 Å². The zero-order valence-electron chi connectivity index (χ0n) is 17.1. The first-order valence-corrected chi connectivity index (χ1v) is 10.4. The van der Waals surface area contributed by atoms with Crippen molar-refractivity contribution in [2.75, 3.05) is 18.1 Å². The molecule has 0 aliphatic carbocycles. The monoisotopic (exact) mass is 440 g/mol. The first-order chi connectivity index (χ1) is 14.9. The summed E-state index contributed by atoms with van der Waals surface area (Å²) >= 11 is 1.24. The summed E-state index contributed by atoms with van der Waals surface area (Å²) in [7, 11) is 0. The number of fused-ring (bicyclic) bond motifs is 2. The predicted octanol–water partition coefficient (Wildman–Crippen LogP) is 2.67. The number of aromatic amines is 1. The molecule has 31 heavy (non-hydrogen) atoms. The van der Waals surface area contributed by atoms with Crippen molar-refractivity contribution in [2.24, 2.45) is 10.4 Å². The van der Waals surface area contributed by atoms with E-state index in [1.54, 1.807) is 12.4 Å². The minimum atomic E-state index is -0.515. The number of hydrogen-bond acceptors (Lipinski definition) is 6. The van der Waals surface area contributed by atoms with E-state index >= 15 is 0 Å². The number of nitrogens with zero attached hydrogens (tertiary/aromatic N) is 5. The van der Waals surface area contributed by atoms with Gasteiger partial charge in [0.1, 0.15) is 17.3 Å². The summed E-state index contributed by atoms with van der Waals surface area (Å²) in [6.45, 7) is 5.05. The fraction of sp³-hybridized carbons (Fsp3) is 0.333. The lowest BCUT2D eigenvalue weighted by atomic mass is 9.92. The van der Waals surface area contributed by atoms with Gasteiger partial charge in [-0.25, -0.2) is 9.38 Å². The predicted molar refractivity (Wildman–Crippen MR) is 114 cm³/mol. The number of anilines is 1. The lowest BCUT2D eigenvalue weighted by molar-refractivity contribution is -0.121. The van der Waals surface area contributed by atoms with Gasteiger partial charge in [-0.1, -0.05) is 19.8 Å². The van der Waals surface area contributed by atoms with Crippen LogP contribution in [0, 0.1) is 23.6 Å². The summed E-state index contributed by atoms with van der Waals surface area (Å²) in [5, 5.41) is 6.21. The van der Waals surface area contributed by atoms with Gasteiger partial charge < -0.3 is 9.30 Å². The van der Waals surface area contributed by atoms with E-state index in [4.69, 9.17) is 11.2 Å². The molecule has 1 aromatic carbocycles. The third-order valence-corrected chi connectivity index (χ3v) is 5.62. The number of terminal acetylenes is 1. The summed E-state index contributed by atoms with van der Waals surface area (Å²) in [5.74, 6) is 2.92. The normalized spacial score (nSPS) is 16.6. The Bertz CT molecular complexity index is 1190. The van der Waals surface area contributed by atoms with Crippen molar-refractivity contribution in [3.63, 3.8) is 0 Å². The molecule has 0 radical (unpaired) electrons. The maximum Gasteiger partial charge on any atom is 0.265 e. The molecule has 1 amide bonds. The zero-order chi connectivity index (χ0) is 22.0. The number of H-pyrrole nitrogens is 1. The fourth-order valence-corrected chi connectivity index (χ4v) is 4.22. The van der Waals surface area contributed by atoms with Gasteiger partial charge >= 0.3 is 0 Å². The largest absolute Gasteiger partial charge is 0.481 e. The van der Waals surface area contributed by atoms with E-state index in [1.807, 2.05) is 10.6 Å². The molecule has 10 heteroatoms. The average Bonchev–Trinajstić information content (AvgIpc) is 3.46. The molecule has 0 bridgehead atoms. The highest BCUT2D eigenvalue weighted by Gasteiger charge is 2.31. The average molecular weight is 441 g/mol. The summed E-state index contributed by atoms with van der Waals surface area (Å²) in [6.07, 6.45) is 9.67. The van der Waals surface area contributed by atoms with Gasteiger partial charge in [0.2, 0.25) is 4.80 Å². The Morgan fingerprint density at radius 3 is 2.97 bits per heavy atom. The van der Waals surface area contributed by atoms with Crippen LogP contribution in [-0.4, -0.2) is 38.2 Å². The van der Waals surface area contributed by atoms with Crippen molar-refractivity contribution in [1.29, 1.82) is 0 Å². The van der Waals surface area contributed by atoms with E-state index in [9.17, 15) is 9.18 Å². The maximum absolute atomic E-state index is 14.5. The topological polar surface area (TPSA) is 88.4 Å². The molecular formula is C21H21FN6O2S. The van der Waals surface area contributed by atoms with Crippen LogP contribution >= 0.6 is 11.5 Å². The molecule has 0 spiro atoms. The third-order valence-electron chi connectivity index (χ3n) is 4.84. The number of halogens is 1. The van der Waals surface area contributed by atoms with E-state index in [0.29, 0.717) is 16.2 Å². The molecule has 8 nitrogen and oxygen atoms in total. The Balaban J connectivity index is 0.000000407. The number of rotatable bonds is 2. The Labute approximate surface area is 182 Å². The second kappa shape index (κ2) is 8.35. The molecule has 2 aliphatic rings. The van der Waals surface area contributed by atoms with Gasteiger partial charge in [0.15, 0.2) is 12.4 Å². The van der Waals surface area contributed by atoms with Crippen molar-refractivity contribution in [2.45, 2.75) is 26.8 Å². The highest BCUT2D eigenvalue weighted by atomic mass is 32.1. The van der Waals surface area contributed by atoms with Crippen LogP contribution in [-0.2, 0) is 17.8 Å². The first-order valence-electron chi connectivity index (χ1n) is 9.62. The van der Waals surface area contributed by atoms with Crippen LogP contribution in [0.3, 0.4) is 0 Å². The highest BCUT2D eigenvalue weighted by Crippen LogP contribution is 2.37. The standard InChI is InChI=1S/C18H17FN4O2S.C3H4N2/c1-4-5-22-13-7-12(11(19)6-14(13)25-9-16(22)24)20-17-23-10-18(2,3)8-15(23)21-26-17;1-2-4-5-3-1/h1,6-7H,5,8-10H2,2-3H3;1-3H,(H,4,5)/b20-17-;. The Kier molecular flexibility index (Phi) is 5.61. The van der Waals surface area contributed by atoms with Gasteiger partial charge in [0.25, 0.3) is 5.91 Å². The number of aromatic nitrogens is 4. The number of benzene rings is 1. The highest BCUT2D eigenvalue weighted by molar-refractivity contribution is 7.02. The number of carbonyl (C=O) groups is 1. The van der Waals surface area contributed by atoms with Crippen molar-refractivity contribution in [3.8, 4) is 18.1 Å². The summed E-state index contributed by atoms with van der Waals surface area (Å²) in [6, 6.07) is 4.59. The molecule has 0 fully saturated rings. The summed E-state index contributed by atoms with van der Waals surface area (Å²) in [5.41, 5.74) is 0.678. The Hall–Kier alpha value is -3.45. The van der Waals surface area contributed by atoms with Gasteiger partial charge in [0.05, 0.1) is 12.2 Å². The number of carbonyl (C=O) groups excluding carboxylic acids is 1. The lowest BCUT2D eigenvalue weighted by Crippen LogP contribution is -2.39. The van der Waals surface area contributed by atoms with Crippen LogP contribution in [0.15, 0.2) is 35.6 Å². The number of ether oxygens (including phenoxy) is 1. The lowest BCUT2D eigenvalue weighted by Gasteiger charge is -2.28. The molecule has 2 aromatic heterocycles. The Morgan fingerprint density at radius 2 is 2.29 bits per heavy atom. The summed E-state index contributed by atoms with van der Waals surface area (Å²) in [4.78, 5) is 18.6. The second-order valence-corrected chi connectivity index (χ2v) is 8.66. The smallest absolute Gasteiger partial charge is 0.265 e. The van der Waals surface area contributed by atoms with E-state index < -0.39 is 5.82 Å². The van der Waals surface area contributed by atoms with Crippen LogP contribution in [0.25, 0.3) is 0 Å². The molecule has 3 aromatic rings. The van der Waals surface area contributed by atoms with Crippen molar-refractivity contribution < 1.29 is 13.9 Å². The van der Waals surface area contributed by atoms with E-state index in [0.717, 1.165) is 18.8 Å². The fourth-order valence-electron chi connectivity index (χ4n) is 3.46. The maximum atomic E-state index is 14.5. The molecule has 0 unspecified atom stereocenters. The first kappa shape index (κ1) is 20.8. The van der Waals surface area contributed by atoms with E-state index in [1.165, 1.54) is 28.6 Å². The van der Waals surface area contributed by atoms with Crippen LogP contribution in [0.4, 0.5) is 15.8 Å². The number of nitrogens with one attached hydrogen (secondary N) is 1. The van der Waals surface area contributed by atoms with Crippen LogP contribution in [0.5, 0.6) is 5.75 Å². The molecule has 0 saturated carbocycles.